The maximum Gasteiger partial charge on any atom is 0.163 e. The Morgan fingerprint density at radius 1 is 0.867 bits per heavy atom. The summed E-state index contributed by atoms with van der Waals surface area (Å²) in [5, 5.41) is 7.52. The van der Waals surface area contributed by atoms with E-state index >= 15 is 0 Å². The first kappa shape index (κ1) is 8.52. The highest BCUT2D eigenvalue weighted by Gasteiger charge is 2.12. The third-order valence-corrected chi connectivity index (χ3v) is 2.37. The number of rotatable bonds is 0. The molecule has 2 heterocycles. The van der Waals surface area contributed by atoms with Crippen LogP contribution in [0.4, 0.5) is 0 Å². The Hall–Kier alpha value is -1.78. The van der Waals surface area contributed by atoms with Crippen molar-refractivity contribution in [3.63, 3.8) is 0 Å². The lowest BCUT2D eigenvalue weighted by Crippen LogP contribution is -2.08. The molecule has 3 rings (SSSR count). The van der Waals surface area contributed by atoms with E-state index in [0.717, 1.165) is 24.3 Å². The molecule has 5 heteroatoms. The van der Waals surface area contributed by atoms with Gasteiger partial charge in [-0.1, -0.05) is 0 Å². The molecule has 1 aliphatic rings. The molecule has 2 aromatic rings. The van der Waals surface area contributed by atoms with Crippen LogP contribution in [0, 0.1) is 0 Å². The molecule has 0 amide bonds. The highest BCUT2D eigenvalue weighted by atomic mass is 16.6. The van der Waals surface area contributed by atoms with E-state index in [9.17, 15) is 0 Å². The number of hydrogen-bond acceptors (Lipinski definition) is 5. The summed E-state index contributed by atoms with van der Waals surface area (Å²) in [5.41, 5.74) is 1.39. The van der Waals surface area contributed by atoms with Crippen LogP contribution >= 0.6 is 0 Å². The Kier molecular flexibility index (Phi) is 1.94. The number of nitrogens with zero attached hydrogens (tertiary/aromatic N) is 2. The van der Waals surface area contributed by atoms with Crippen molar-refractivity contribution in [1.82, 2.24) is 10.3 Å². The Bertz CT molecular complexity index is 438. The van der Waals surface area contributed by atoms with Crippen molar-refractivity contribution in [2.45, 2.75) is 12.8 Å². The van der Waals surface area contributed by atoms with Crippen LogP contribution in [0.3, 0.4) is 0 Å². The van der Waals surface area contributed by atoms with E-state index < -0.39 is 0 Å². The first-order valence-electron chi connectivity index (χ1n) is 4.95. The summed E-state index contributed by atoms with van der Waals surface area (Å²) in [7, 11) is 0. The second-order valence-corrected chi connectivity index (χ2v) is 3.46. The minimum atomic E-state index is 0.693. The molecule has 78 valence electrons. The molecule has 15 heavy (non-hydrogen) atoms. The molecule has 0 atom stereocenters. The van der Waals surface area contributed by atoms with Crippen LogP contribution in [0.1, 0.15) is 12.8 Å². The Labute approximate surface area is 85.9 Å². The molecule has 0 radical (unpaired) electrons. The minimum Gasteiger partial charge on any atom is -0.490 e. The molecule has 0 saturated carbocycles. The molecule has 5 nitrogen and oxygen atoms in total. The zero-order valence-corrected chi connectivity index (χ0v) is 8.10. The van der Waals surface area contributed by atoms with E-state index in [1.54, 1.807) is 12.1 Å². The summed E-state index contributed by atoms with van der Waals surface area (Å²) in [5.74, 6) is 1.44. The van der Waals surface area contributed by atoms with Gasteiger partial charge in [0.1, 0.15) is 11.0 Å². The van der Waals surface area contributed by atoms with E-state index in [2.05, 4.69) is 14.9 Å². The molecule has 0 spiro atoms. The summed E-state index contributed by atoms with van der Waals surface area (Å²) < 4.78 is 15.8. The van der Waals surface area contributed by atoms with Crippen molar-refractivity contribution >= 4 is 11.0 Å². The van der Waals surface area contributed by atoms with Gasteiger partial charge >= 0.3 is 0 Å². The number of benzene rings is 1. The highest BCUT2D eigenvalue weighted by Crippen LogP contribution is 2.32. The average Bonchev–Trinajstić information content (AvgIpc) is 2.64. The van der Waals surface area contributed by atoms with Crippen molar-refractivity contribution in [1.29, 1.82) is 0 Å². The standard InChI is InChI=1S/C10H10N2O3/c1-2-4-14-10-6-8-7(11-15-12-8)5-9(10)13-3-1/h5-6H,1-4H2. The molecule has 0 unspecified atom stereocenters. The van der Waals surface area contributed by atoms with Gasteiger partial charge in [-0.05, 0) is 23.2 Å². The van der Waals surface area contributed by atoms with Gasteiger partial charge in [-0.2, -0.15) is 0 Å². The van der Waals surface area contributed by atoms with Crippen LogP contribution in [0.5, 0.6) is 11.5 Å². The van der Waals surface area contributed by atoms with Crippen molar-refractivity contribution < 1.29 is 14.1 Å². The number of aromatic nitrogens is 2. The lowest BCUT2D eigenvalue weighted by Gasteiger charge is -2.15. The normalized spacial score (nSPS) is 16.0. The Morgan fingerprint density at radius 3 is 1.93 bits per heavy atom. The van der Waals surface area contributed by atoms with Crippen LogP contribution in [0.15, 0.2) is 16.8 Å². The smallest absolute Gasteiger partial charge is 0.163 e. The molecular weight excluding hydrogens is 196 g/mol. The molecule has 1 aromatic heterocycles. The second kappa shape index (κ2) is 3.42. The fourth-order valence-electron chi connectivity index (χ4n) is 1.59. The summed E-state index contributed by atoms with van der Waals surface area (Å²) in [6, 6.07) is 3.60. The molecule has 0 saturated heterocycles. The number of ether oxygens (including phenoxy) is 2. The molecule has 0 N–H and O–H groups in total. The predicted molar refractivity (Wildman–Crippen MR) is 52.0 cm³/mol. The first-order valence-corrected chi connectivity index (χ1v) is 4.95. The predicted octanol–water partition coefficient (Wildman–Crippen LogP) is 1.77. The van der Waals surface area contributed by atoms with Gasteiger partial charge < -0.3 is 9.47 Å². The average molecular weight is 206 g/mol. The molecule has 0 fully saturated rings. The maximum absolute atomic E-state index is 5.57. The molecule has 1 aromatic carbocycles. The van der Waals surface area contributed by atoms with Crippen molar-refractivity contribution in [2.24, 2.45) is 0 Å². The second-order valence-electron chi connectivity index (χ2n) is 3.46. The van der Waals surface area contributed by atoms with Crippen LogP contribution in [-0.2, 0) is 0 Å². The Balaban J connectivity index is 2.10. The fourth-order valence-corrected chi connectivity index (χ4v) is 1.59. The zero-order valence-electron chi connectivity index (χ0n) is 8.10. The summed E-state index contributed by atoms with van der Waals surface area (Å²) in [6.07, 6.45) is 2.02. The van der Waals surface area contributed by atoms with Gasteiger partial charge in [0.2, 0.25) is 0 Å². The van der Waals surface area contributed by atoms with Crippen LogP contribution in [-0.4, -0.2) is 23.5 Å². The topological polar surface area (TPSA) is 57.4 Å². The van der Waals surface area contributed by atoms with Gasteiger partial charge in [0.25, 0.3) is 0 Å². The van der Waals surface area contributed by atoms with Gasteiger partial charge in [-0.25, -0.2) is 4.63 Å². The zero-order chi connectivity index (χ0) is 10.1. The monoisotopic (exact) mass is 206 g/mol. The molecular formula is C10H10N2O3. The van der Waals surface area contributed by atoms with Crippen LogP contribution in [0.2, 0.25) is 0 Å². The van der Waals surface area contributed by atoms with Gasteiger partial charge in [0, 0.05) is 12.1 Å². The van der Waals surface area contributed by atoms with Gasteiger partial charge in [-0.3, -0.25) is 0 Å². The first-order chi connectivity index (χ1) is 7.43. The SMILES string of the molecule is c1c2c(cc3nonc13)OCCCCO2. The van der Waals surface area contributed by atoms with E-state index in [4.69, 9.17) is 9.47 Å². The molecule has 0 aliphatic carbocycles. The largest absolute Gasteiger partial charge is 0.490 e. The van der Waals surface area contributed by atoms with Gasteiger partial charge in [0.05, 0.1) is 13.2 Å². The van der Waals surface area contributed by atoms with E-state index in [1.165, 1.54) is 0 Å². The van der Waals surface area contributed by atoms with Crippen molar-refractivity contribution in [3.8, 4) is 11.5 Å². The summed E-state index contributed by atoms with van der Waals surface area (Å²) in [4.78, 5) is 0. The van der Waals surface area contributed by atoms with Gasteiger partial charge in [0.15, 0.2) is 11.5 Å². The number of fused-ring (bicyclic) bond motifs is 2. The van der Waals surface area contributed by atoms with Crippen molar-refractivity contribution in [2.75, 3.05) is 13.2 Å². The summed E-state index contributed by atoms with van der Waals surface area (Å²) >= 11 is 0. The van der Waals surface area contributed by atoms with Gasteiger partial charge in [-0.15, -0.1) is 0 Å². The fraction of sp³-hybridized carbons (Fsp3) is 0.400. The summed E-state index contributed by atoms with van der Waals surface area (Å²) in [6.45, 7) is 1.43. The maximum atomic E-state index is 5.57. The quantitative estimate of drug-likeness (QED) is 0.657. The lowest BCUT2D eigenvalue weighted by atomic mass is 10.2. The molecule has 1 aliphatic heterocycles. The molecule has 0 bridgehead atoms. The third-order valence-electron chi connectivity index (χ3n) is 2.37. The third kappa shape index (κ3) is 1.49. The lowest BCUT2D eigenvalue weighted by molar-refractivity contribution is 0.224. The minimum absolute atomic E-state index is 0.693. The van der Waals surface area contributed by atoms with E-state index in [1.807, 2.05) is 0 Å². The van der Waals surface area contributed by atoms with Crippen LogP contribution in [0.25, 0.3) is 11.0 Å². The van der Waals surface area contributed by atoms with E-state index in [0.29, 0.717) is 24.2 Å². The Morgan fingerprint density at radius 2 is 1.40 bits per heavy atom. The van der Waals surface area contributed by atoms with Crippen molar-refractivity contribution in [3.05, 3.63) is 12.1 Å². The van der Waals surface area contributed by atoms with Crippen LogP contribution < -0.4 is 9.47 Å². The van der Waals surface area contributed by atoms with E-state index in [-0.39, 0.29) is 0 Å². The highest BCUT2D eigenvalue weighted by molar-refractivity contribution is 5.77. The number of hydrogen-bond donors (Lipinski definition) is 0.